The number of thiophene rings is 1. The summed E-state index contributed by atoms with van der Waals surface area (Å²) in [6.45, 7) is 11.6. The van der Waals surface area contributed by atoms with Crippen LogP contribution in [-0.4, -0.2) is 67.2 Å². The highest BCUT2D eigenvalue weighted by Crippen LogP contribution is 2.46. The number of hydrogen-bond donors (Lipinski definition) is 4. The molecule has 3 aromatic rings. The number of nitrogens with two attached hydrogens (primary N) is 1. The molecule has 4 heterocycles. The normalized spacial score (nSPS) is 18.0. The molecule has 2 fully saturated rings. The van der Waals surface area contributed by atoms with Gasteiger partial charge in [0, 0.05) is 58.5 Å². The molecule has 0 radical (unpaired) electrons. The molecule has 0 saturated carbocycles. The predicted octanol–water partition coefficient (Wildman–Crippen LogP) is 6.91. The van der Waals surface area contributed by atoms with E-state index in [-0.39, 0.29) is 35.8 Å². The summed E-state index contributed by atoms with van der Waals surface area (Å²) in [6.07, 6.45) is 7.54. The number of amides is 3. The summed E-state index contributed by atoms with van der Waals surface area (Å²) >= 11 is 1.13. The van der Waals surface area contributed by atoms with Crippen LogP contribution in [0.1, 0.15) is 62.9 Å². The molecule has 0 bridgehead atoms. The summed E-state index contributed by atoms with van der Waals surface area (Å²) in [7, 11) is 0. The molecule has 10 nitrogen and oxygen atoms in total. The first-order valence-corrected chi connectivity index (χ1v) is 18.4. The Labute approximate surface area is 302 Å². The van der Waals surface area contributed by atoms with Crippen LogP contribution in [-0.2, 0) is 16.0 Å². The van der Waals surface area contributed by atoms with Crippen LogP contribution in [0.3, 0.4) is 0 Å². The zero-order valence-electron chi connectivity index (χ0n) is 29.7. The Bertz CT molecular complexity index is 1830. The third kappa shape index (κ3) is 7.88. The summed E-state index contributed by atoms with van der Waals surface area (Å²) in [5, 5.41) is 9.12. The number of nitrogens with zero attached hydrogens (tertiary/aromatic N) is 2. The fourth-order valence-electron chi connectivity index (χ4n) is 7.36. The number of carbonyl (C=O) groups is 3. The molecule has 270 valence electrons. The van der Waals surface area contributed by atoms with Gasteiger partial charge >= 0.3 is 6.09 Å². The number of anilines is 3. The molecule has 3 aliphatic heterocycles. The van der Waals surface area contributed by atoms with Crippen LogP contribution in [0.15, 0.2) is 72.5 Å². The van der Waals surface area contributed by atoms with E-state index >= 15 is 4.39 Å². The second kappa shape index (κ2) is 15.0. The maximum atomic E-state index is 15.7. The summed E-state index contributed by atoms with van der Waals surface area (Å²) in [5.41, 5.74) is 8.71. The van der Waals surface area contributed by atoms with Gasteiger partial charge in [0.05, 0.1) is 5.69 Å². The molecule has 0 aliphatic carbocycles. The van der Waals surface area contributed by atoms with Crippen LogP contribution >= 0.6 is 11.3 Å². The van der Waals surface area contributed by atoms with E-state index in [1.807, 2.05) is 24.3 Å². The number of nitrogens with one attached hydrogen (secondary N) is 3. The Morgan fingerprint density at radius 1 is 1.08 bits per heavy atom. The quantitative estimate of drug-likeness (QED) is 0.148. The highest BCUT2D eigenvalue weighted by molar-refractivity contribution is 7.19. The van der Waals surface area contributed by atoms with E-state index in [1.165, 1.54) is 6.20 Å². The van der Waals surface area contributed by atoms with E-state index in [4.69, 9.17) is 10.5 Å². The third-order valence-corrected chi connectivity index (χ3v) is 10.9. The summed E-state index contributed by atoms with van der Waals surface area (Å²) in [4.78, 5) is 44.8. The highest BCUT2D eigenvalue weighted by atomic mass is 32.1. The third-order valence-electron chi connectivity index (χ3n) is 9.79. The minimum atomic E-state index is -0.728. The van der Waals surface area contributed by atoms with Crippen molar-refractivity contribution < 1.29 is 23.5 Å². The molecule has 1 spiro atoms. The minimum absolute atomic E-state index is 0.0390. The number of hydrogen-bond acceptors (Lipinski definition) is 8. The van der Waals surface area contributed by atoms with Crippen molar-refractivity contribution >= 4 is 45.6 Å². The molecule has 1 unspecified atom stereocenters. The fourth-order valence-corrected chi connectivity index (χ4v) is 8.50. The van der Waals surface area contributed by atoms with Crippen LogP contribution in [0.25, 0.3) is 10.4 Å². The molecule has 12 heteroatoms. The lowest BCUT2D eigenvalue weighted by molar-refractivity contribution is -0.114. The largest absolute Gasteiger partial charge is 0.444 e. The molecule has 1 aromatic heterocycles. The Morgan fingerprint density at radius 3 is 2.45 bits per heavy atom. The van der Waals surface area contributed by atoms with Gasteiger partial charge in [-0.15, -0.1) is 11.3 Å². The summed E-state index contributed by atoms with van der Waals surface area (Å²) < 4.78 is 21.0. The van der Waals surface area contributed by atoms with Gasteiger partial charge in [0.1, 0.15) is 10.6 Å². The number of allylic oxidation sites excluding steroid dienone is 2. The zero-order chi connectivity index (χ0) is 36.3. The molecule has 3 amide bonds. The molecule has 51 heavy (non-hydrogen) atoms. The lowest BCUT2D eigenvalue weighted by Crippen LogP contribution is -2.63. The van der Waals surface area contributed by atoms with Crippen molar-refractivity contribution in [2.24, 2.45) is 11.1 Å². The molecular formula is C39H47FN6O4S. The maximum absolute atomic E-state index is 15.7. The van der Waals surface area contributed by atoms with E-state index in [1.54, 1.807) is 62.1 Å². The SMILES string of the molecule is CCC(/C(=C\C=C/N)C(=O)Nc1ccc(C(=O)N2CCc3c(sc(NC(=O)OC(C)(C)C)c3F)-c3ccccc32)cc1)N1CC2(CCNCC2)C1. The van der Waals surface area contributed by atoms with Gasteiger partial charge in [-0.25, -0.2) is 9.18 Å². The zero-order valence-corrected chi connectivity index (χ0v) is 30.5. The number of halogens is 1. The lowest BCUT2D eigenvalue weighted by Gasteiger charge is -2.55. The van der Waals surface area contributed by atoms with E-state index in [2.05, 4.69) is 27.8 Å². The maximum Gasteiger partial charge on any atom is 0.412 e. The van der Waals surface area contributed by atoms with Crippen molar-refractivity contribution in [2.45, 2.75) is 65.0 Å². The van der Waals surface area contributed by atoms with Gasteiger partial charge in [-0.1, -0.05) is 31.2 Å². The monoisotopic (exact) mass is 714 g/mol. The van der Waals surface area contributed by atoms with Crippen molar-refractivity contribution in [1.29, 1.82) is 0 Å². The second-order valence-electron chi connectivity index (χ2n) is 14.5. The number of rotatable bonds is 8. The van der Waals surface area contributed by atoms with E-state index in [0.717, 1.165) is 56.8 Å². The Kier molecular flexibility index (Phi) is 10.7. The fraction of sp³-hybridized carbons (Fsp3) is 0.410. The molecule has 2 saturated heterocycles. The Hall–Kier alpha value is -4.52. The Morgan fingerprint density at radius 2 is 1.78 bits per heavy atom. The molecule has 5 N–H and O–H groups in total. The van der Waals surface area contributed by atoms with Gasteiger partial charge in [0.2, 0.25) is 0 Å². The lowest BCUT2D eigenvalue weighted by atomic mass is 9.71. The average molecular weight is 715 g/mol. The number of carbonyl (C=O) groups excluding carboxylic acids is 3. The number of benzene rings is 2. The number of fused-ring (bicyclic) bond motifs is 3. The molecule has 6 rings (SSSR count). The van der Waals surface area contributed by atoms with Gasteiger partial charge in [0.25, 0.3) is 11.8 Å². The number of para-hydroxylation sites is 1. The standard InChI is InChI=1S/C39H47FN6O4S/c1-5-30(45-23-39(24-45)17-20-42-21-18-39)28(10-8-19-41)34(47)43-26-14-12-25(13-15-26)36(48)46-22-16-29-32(40)35(44-37(49)50-38(2,3)4)51-33(29)27-9-6-7-11-31(27)46/h6-15,19,30,42H,5,16-18,20-24,41H2,1-4H3,(H,43,47)(H,44,49)/b19-8-,28-10+. The van der Waals surface area contributed by atoms with Crippen molar-refractivity contribution in [3.05, 3.63) is 89.4 Å². The van der Waals surface area contributed by atoms with E-state index in [0.29, 0.717) is 43.9 Å². The molecule has 2 aromatic carbocycles. The number of ether oxygens (including phenoxy) is 1. The van der Waals surface area contributed by atoms with Gasteiger partial charge in [-0.05, 0) is 108 Å². The first kappa shape index (κ1) is 36.3. The molecule has 3 aliphatic rings. The van der Waals surface area contributed by atoms with Crippen LogP contribution in [0.4, 0.5) is 25.6 Å². The summed E-state index contributed by atoms with van der Waals surface area (Å²) in [5.74, 6) is -0.974. The number of piperidine rings is 1. The smallest absolute Gasteiger partial charge is 0.412 e. The molecular weight excluding hydrogens is 668 g/mol. The van der Waals surface area contributed by atoms with Gasteiger partial charge < -0.3 is 26.0 Å². The van der Waals surface area contributed by atoms with Crippen LogP contribution < -0.4 is 26.6 Å². The first-order chi connectivity index (χ1) is 24.4. The Balaban J connectivity index is 1.16. The summed E-state index contributed by atoms with van der Waals surface area (Å²) in [6, 6.07) is 14.2. The average Bonchev–Trinajstić information content (AvgIpc) is 3.29. The second-order valence-corrected chi connectivity index (χ2v) is 15.5. The first-order valence-electron chi connectivity index (χ1n) is 17.6. The molecule has 1 atom stereocenters. The van der Waals surface area contributed by atoms with Gasteiger partial charge in [-0.3, -0.25) is 19.8 Å². The van der Waals surface area contributed by atoms with E-state index < -0.39 is 17.5 Å². The van der Waals surface area contributed by atoms with Crippen LogP contribution in [0.2, 0.25) is 0 Å². The minimum Gasteiger partial charge on any atom is -0.444 e. The van der Waals surface area contributed by atoms with Gasteiger partial charge in [-0.2, -0.15) is 0 Å². The predicted molar refractivity (Wildman–Crippen MR) is 202 cm³/mol. The highest BCUT2D eigenvalue weighted by Gasteiger charge is 2.46. The van der Waals surface area contributed by atoms with E-state index in [9.17, 15) is 14.4 Å². The van der Waals surface area contributed by atoms with Crippen LogP contribution in [0, 0.1) is 11.2 Å². The van der Waals surface area contributed by atoms with Crippen molar-refractivity contribution in [3.63, 3.8) is 0 Å². The van der Waals surface area contributed by atoms with Crippen molar-refractivity contribution in [2.75, 3.05) is 48.3 Å². The van der Waals surface area contributed by atoms with Crippen molar-refractivity contribution in [3.8, 4) is 10.4 Å². The topological polar surface area (TPSA) is 129 Å². The van der Waals surface area contributed by atoms with Crippen LogP contribution in [0.5, 0.6) is 0 Å². The number of likely N-dealkylation sites (tertiary alicyclic amines) is 1. The van der Waals surface area contributed by atoms with Gasteiger partial charge in [0.15, 0.2) is 5.82 Å². The van der Waals surface area contributed by atoms with Crippen molar-refractivity contribution in [1.82, 2.24) is 10.2 Å².